The summed E-state index contributed by atoms with van der Waals surface area (Å²) in [7, 11) is 0. The van der Waals surface area contributed by atoms with Crippen molar-refractivity contribution in [2.45, 2.75) is 52.4 Å². The van der Waals surface area contributed by atoms with E-state index in [1.165, 1.54) is 99.6 Å². The number of hydrogen-bond acceptors (Lipinski definition) is 2. The van der Waals surface area contributed by atoms with Gasteiger partial charge in [0.2, 0.25) is 0 Å². The summed E-state index contributed by atoms with van der Waals surface area (Å²) in [6, 6.07) is 64.0. The lowest BCUT2D eigenvalue weighted by atomic mass is 9.71. The molecular weight excluding hydrogens is 701 g/mol. The van der Waals surface area contributed by atoms with Crippen molar-refractivity contribution in [3.8, 4) is 11.1 Å². The monoisotopic (exact) mass is 746 g/mol. The highest BCUT2D eigenvalue weighted by Gasteiger charge is 2.42. The molecule has 58 heavy (non-hydrogen) atoms. The summed E-state index contributed by atoms with van der Waals surface area (Å²) >= 11 is 0. The normalized spacial score (nSPS) is 14.6. The lowest BCUT2D eigenvalue weighted by molar-refractivity contribution is 0.620. The second kappa shape index (κ2) is 12.4. The van der Waals surface area contributed by atoms with Gasteiger partial charge in [-0.15, -0.1) is 0 Å². The Balaban J connectivity index is 1.22. The standard InChI is InChI=1S/C56H46N2/c1-35-23-27-37(28-24-35)57(38-29-25-36(2)26-30-38)52-31-44-40-16-8-10-19-43(40)53(32-45(44)39-15-7-9-18-42(39)52)58-51-22-14-13-21-48(51)56(5,6)50-34-49-46(33-54(50)58)41-17-11-12-20-47(41)55(49,3)4/h7-34H,1-6H3. The van der Waals surface area contributed by atoms with Crippen molar-refractivity contribution in [1.82, 2.24) is 0 Å². The minimum Gasteiger partial charge on any atom is -0.310 e. The Morgan fingerprint density at radius 2 is 0.879 bits per heavy atom. The van der Waals surface area contributed by atoms with E-state index in [1.54, 1.807) is 0 Å². The number of nitrogens with zero attached hydrogens (tertiary/aromatic N) is 2. The van der Waals surface area contributed by atoms with Crippen molar-refractivity contribution in [1.29, 1.82) is 0 Å². The second-order valence-electron chi connectivity index (χ2n) is 17.5. The van der Waals surface area contributed by atoms with Gasteiger partial charge in [0.25, 0.3) is 0 Å². The van der Waals surface area contributed by atoms with Gasteiger partial charge in [0.15, 0.2) is 0 Å². The van der Waals surface area contributed by atoms with Crippen LogP contribution in [0.1, 0.15) is 61.1 Å². The van der Waals surface area contributed by atoms with Crippen molar-refractivity contribution < 1.29 is 0 Å². The fourth-order valence-electron chi connectivity index (χ4n) is 10.3. The van der Waals surface area contributed by atoms with E-state index in [2.05, 4.69) is 221 Å². The zero-order valence-electron chi connectivity index (χ0n) is 34.1. The van der Waals surface area contributed by atoms with Gasteiger partial charge in [-0.05, 0) is 117 Å². The molecule has 11 rings (SSSR count). The Bertz CT molecular complexity index is 3080. The molecule has 2 nitrogen and oxygen atoms in total. The highest BCUT2D eigenvalue weighted by molar-refractivity contribution is 6.24. The lowest BCUT2D eigenvalue weighted by Crippen LogP contribution is -2.31. The molecule has 0 saturated heterocycles. The Morgan fingerprint density at radius 1 is 0.362 bits per heavy atom. The fourth-order valence-corrected chi connectivity index (χ4v) is 10.3. The molecule has 2 aliphatic rings. The van der Waals surface area contributed by atoms with Gasteiger partial charge in [0.1, 0.15) is 0 Å². The Kier molecular flexibility index (Phi) is 7.41. The molecule has 1 heterocycles. The quantitative estimate of drug-likeness (QED) is 0.166. The first kappa shape index (κ1) is 34.6. The van der Waals surface area contributed by atoms with Crippen LogP contribution >= 0.6 is 0 Å². The van der Waals surface area contributed by atoms with E-state index in [4.69, 9.17) is 0 Å². The molecule has 280 valence electrons. The molecule has 0 spiro atoms. The van der Waals surface area contributed by atoms with Crippen LogP contribution in [0, 0.1) is 13.8 Å². The number of anilines is 6. The van der Waals surface area contributed by atoms with Crippen molar-refractivity contribution in [3.63, 3.8) is 0 Å². The summed E-state index contributed by atoms with van der Waals surface area (Å²) < 4.78 is 0. The van der Waals surface area contributed by atoms with Gasteiger partial charge in [0, 0.05) is 33.0 Å². The van der Waals surface area contributed by atoms with E-state index in [0.29, 0.717) is 0 Å². The van der Waals surface area contributed by atoms with E-state index in [9.17, 15) is 0 Å². The van der Waals surface area contributed by atoms with Crippen LogP contribution in [0.4, 0.5) is 34.1 Å². The van der Waals surface area contributed by atoms with Crippen molar-refractivity contribution >= 4 is 66.4 Å². The van der Waals surface area contributed by atoms with Gasteiger partial charge >= 0.3 is 0 Å². The SMILES string of the molecule is Cc1ccc(N(c2ccc(C)cc2)c2cc3c4ccccc4c(N4c5ccccc5C(C)(C)c5cc6c(cc54)-c4ccccc4C6(C)C)cc3c3ccccc23)cc1. The van der Waals surface area contributed by atoms with Crippen molar-refractivity contribution in [3.05, 3.63) is 203 Å². The lowest BCUT2D eigenvalue weighted by Gasteiger charge is -2.43. The first-order chi connectivity index (χ1) is 28.1. The molecule has 9 aromatic rings. The third-order valence-corrected chi connectivity index (χ3v) is 13.3. The molecule has 2 heteroatoms. The highest BCUT2D eigenvalue weighted by atomic mass is 15.2. The zero-order chi connectivity index (χ0) is 39.5. The van der Waals surface area contributed by atoms with E-state index >= 15 is 0 Å². The topological polar surface area (TPSA) is 6.48 Å². The van der Waals surface area contributed by atoms with Crippen LogP contribution in [0.25, 0.3) is 43.4 Å². The van der Waals surface area contributed by atoms with Crippen LogP contribution in [0.3, 0.4) is 0 Å². The predicted octanol–water partition coefficient (Wildman–Crippen LogP) is 15.6. The Morgan fingerprint density at radius 3 is 1.55 bits per heavy atom. The molecule has 0 amide bonds. The van der Waals surface area contributed by atoms with Gasteiger partial charge < -0.3 is 9.80 Å². The van der Waals surface area contributed by atoms with E-state index in [-0.39, 0.29) is 10.8 Å². The molecule has 1 aliphatic carbocycles. The molecule has 0 aromatic heterocycles. The molecule has 0 saturated carbocycles. The van der Waals surface area contributed by atoms with E-state index < -0.39 is 0 Å². The fraction of sp³-hybridized carbons (Fsp3) is 0.143. The molecular formula is C56H46N2. The van der Waals surface area contributed by atoms with E-state index in [0.717, 1.165) is 11.4 Å². The van der Waals surface area contributed by atoms with Gasteiger partial charge in [-0.2, -0.15) is 0 Å². The number of aryl methyl sites for hydroxylation is 2. The van der Waals surface area contributed by atoms with Crippen LogP contribution in [-0.2, 0) is 10.8 Å². The molecule has 0 bridgehead atoms. The number of benzene rings is 9. The van der Waals surface area contributed by atoms with E-state index in [1.807, 2.05) is 0 Å². The zero-order valence-corrected chi connectivity index (χ0v) is 34.1. The van der Waals surface area contributed by atoms with Crippen LogP contribution < -0.4 is 9.80 Å². The first-order valence-electron chi connectivity index (χ1n) is 20.6. The highest BCUT2D eigenvalue weighted by Crippen LogP contribution is 2.58. The molecule has 1 aliphatic heterocycles. The van der Waals surface area contributed by atoms with Gasteiger partial charge in [-0.3, -0.25) is 0 Å². The third kappa shape index (κ3) is 4.91. The molecule has 9 aromatic carbocycles. The summed E-state index contributed by atoms with van der Waals surface area (Å²) in [5, 5.41) is 7.42. The first-order valence-corrected chi connectivity index (χ1v) is 20.6. The summed E-state index contributed by atoms with van der Waals surface area (Å²) in [6.07, 6.45) is 0. The smallest absolute Gasteiger partial charge is 0.0546 e. The number of para-hydroxylation sites is 1. The van der Waals surface area contributed by atoms with Gasteiger partial charge in [-0.25, -0.2) is 0 Å². The van der Waals surface area contributed by atoms with Crippen LogP contribution in [0.15, 0.2) is 170 Å². The maximum absolute atomic E-state index is 2.58. The number of hydrogen-bond donors (Lipinski definition) is 0. The Hall–Kier alpha value is -6.64. The van der Waals surface area contributed by atoms with Crippen LogP contribution in [-0.4, -0.2) is 0 Å². The average molecular weight is 747 g/mol. The average Bonchev–Trinajstić information content (AvgIpc) is 3.47. The van der Waals surface area contributed by atoms with Crippen molar-refractivity contribution in [2.75, 3.05) is 9.80 Å². The third-order valence-electron chi connectivity index (χ3n) is 13.3. The Labute approximate surface area is 341 Å². The molecule has 0 unspecified atom stereocenters. The second-order valence-corrected chi connectivity index (χ2v) is 17.5. The maximum Gasteiger partial charge on any atom is 0.0546 e. The van der Waals surface area contributed by atoms with Crippen LogP contribution in [0.2, 0.25) is 0 Å². The minimum absolute atomic E-state index is 0.0872. The summed E-state index contributed by atoms with van der Waals surface area (Å²) in [4.78, 5) is 5.02. The molecule has 0 N–H and O–H groups in total. The van der Waals surface area contributed by atoms with Crippen LogP contribution in [0.5, 0.6) is 0 Å². The predicted molar refractivity (Wildman–Crippen MR) is 247 cm³/mol. The van der Waals surface area contributed by atoms with Gasteiger partial charge in [-0.1, -0.05) is 160 Å². The molecule has 0 radical (unpaired) electrons. The maximum atomic E-state index is 2.58. The summed E-state index contributed by atoms with van der Waals surface area (Å²) in [5.41, 5.74) is 17.5. The van der Waals surface area contributed by atoms with Crippen molar-refractivity contribution in [2.24, 2.45) is 0 Å². The molecule has 0 atom stereocenters. The summed E-state index contributed by atoms with van der Waals surface area (Å²) in [5.74, 6) is 0. The number of rotatable bonds is 4. The van der Waals surface area contributed by atoms with Gasteiger partial charge in [0.05, 0.1) is 22.7 Å². The number of fused-ring (bicyclic) bond motifs is 10. The molecule has 0 fully saturated rings. The minimum atomic E-state index is -0.202. The largest absolute Gasteiger partial charge is 0.310 e. The summed E-state index contributed by atoms with van der Waals surface area (Å²) in [6.45, 7) is 13.9.